The van der Waals surface area contributed by atoms with Gasteiger partial charge in [-0.2, -0.15) is 0 Å². The Morgan fingerprint density at radius 3 is 1.76 bits per heavy atom. The second kappa shape index (κ2) is 35.5. The number of esters is 2. The zero-order chi connectivity index (χ0) is 36.1. The standard InChI is InChI=1S/C39H68NO8P/c1-3-5-7-9-11-13-15-17-18-20-21-23-25-27-29-31-38(41)45-35-37(36-47-49(43,44)46-34-33-40)48-39(42)32-30-28-26-24-22-19-16-14-12-10-8-6-4-2/h3,5,8,10-11,13-14,16,18,20,37H,4,6-7,9,12,15,17,19,21-36,40H2,1-2H3,(H,43,44)/b5-3+,10-8+,13-11?,16-14+,20-18+/t37-/m1/s1. The number of ether oxygens (including phenoxy) is 2. The molecule has 2 atom stereocenters. The van der Waals surface area contributed by atoms with E-state index in [0.29, 0.717) is 12.8 Å². The Bertz CT molecular complexity index is 992. The van der Waals surface area contributed by atoms with Crippen LogP contribution < -0.4 is 5.73 Å². The van der Waals surface area contributed by atoms with Gasteiger partial charge >= 0.3 is 19.8 Å². The summed E-state index contributed by atoms with van der Waals surface area (Å²) >= 11 is 0. The summed E-state index contributed by atoms with van der Waals surface area (Å²) in [7, 11) is -4.38. The number of hydrogen-bond acceptors (Lipinski definition) is 8. The summed E-state index contributed by atoms with van der Waals surface area (Å²) < 4.78 is 32.6. The van der Waals surface area contributed by atoms with Crippen molar-refractivity contribution in [2.45, 2.75) is 148 Å². The fraction of sp³-hybridized carbons (Fsp3) is 0.692. The van der Waals surface area contributed by atoms with Gasteiger partial charge in [0.05, 0.1) is 13.2 Å². The van der Waals surface area contributed by atoms with E-state index in [1.165, 1.54) is 6.42 Å². The van der Waals surface area contributed by atoms with Crippen molar-refractivity contribution in [2.24, 2.45) is 5.73 Å². The normalized spacial score (nSPS) is 14.1. The van der Waals surface area contributed by atoms with Crippen molar-refractivity contribution in [2.75, 3.05) is 26.4 Å². The number of unbranched alkanes of at least 4 members (excludes halogenated alkanes) is 12. The molecule has 0 heterocycles. The Hall–Kier alpha value is -2.29. The highest BCUT2D eigenvalue weighted by atomic mass is 31.2. The topological polar surface area (TPSA) is 134 Å². The Morgan fingerprint density at radius 1 is 0.653 bits per heavy atom. The molecule has 0 saturated carbocycles. The van der Waals surface area contributed by atoms with Crippen LogP contribution in [0.4, 0.5) is 0 Å². The van der Waals surface area contributed by atoms with Crippen molar-refractivity contribution in [1.29, 1.82) is 0 Å². The molecule has 49 heavy (non-hydrogen) atoms. The minimum Gasteiger partial charge on any atom is -0.462 e. The van der Waals surface area contributed by atoms with Gasteiger partial charge in [-0.05, 0) is 84.0 Å². The molecule has 0 aliphatic heterocycles. The number of phosphoric acid groups is 1. The second-order valence-corrected chi connectivity index (χ2v) is 13.5. The largest absolute Gasteiger partial charge is 0.472 e. The summed E-state index contributed by atoms with van der Waals surface area (Å²) in [6.45, 7) is 3.39. The van der Waals surface area contributed by atoms with Gasteiger partial charge in [0.15, 0.2) is 6.10 Å². The summed E-state index contributed by atoms with van der Waals surface area (Å²) in [6.07, 6.45) is 39.7. The minimum absolute atomic E-state index is 0.0453. The van der Waals surface area contributed by atoms with E-state index in [9.17, 15) is 19.0 Å². The van der Waals surface area contributed by atoms with E-state index in [1.54, 1.807) is 0 Å². The number of phosphoric ester groups is 1. The molecule has 1 unspecified atom stereocenters. The minimum atomic E-state index is -4.38. The molecule has 0 aromatic rings. The molecule has 0 aromatic heterocycles. The predicted molar refractivity (Wildman–Crippen MR) is 201 cm³/mol. The first kappa shape index (κ1) is 46.7. The number of allylic oxidation sites excluding steroid dienone is 10. The van der Waals surface area contributed by atoms with E-state index in [4.69, 9.17) is 24.3 Å². The Balaban J connectivity index is 4.29. The second-order valence-electron chi connectivity index (χ2n) is 12.1. The highest BCUT2D eigenvalue weighted by Gasteiger charge is 2.25. The fourth-order valence-corrected chi connectivity index (χ4v) is 5.41. The predicted octanol–water partition coefficient (Wildman–Crippen LogP) is 10.2. The average Bonchev–Trinajstić information content (AvgIpc) is 3.08. The van der Waals surface area contributed by atoms with E-state index < -0.39 is 32.5 Å². The van der Waals surface area contributed by atoms with Crippen LogP contribution in [-0.4, -0.2) is 49.3 Å². The molecule has 0 saturated heterocycles. The van der Waals surface area contributed by atoms with Gasteiger partial charge in [-0.3, -0.25) is 18.6 Å². The van der Waals surface area contributed by atoms with Crippen LogP contribution in [0.25, 0.3) is 0 Å². The van der Waals surface area contributed by atoms with Gasteiger partial charge in [-0.25, -0.2) is 4.57 Å². The molecule has 0 spiro atoms. The zero-order valence-corrected chi connectivity index (χ0v) is 31.5. The van der Waals surface area contributed by atoms with Crippen LogP contribution in [-0.2, 0) is 32.7 Å². The Morgan fingerprint density at radius 2 is 1.16 bits per heavy atom. The van der Waals surface area contributed by atoms with Gasteiger partial charge in [-0.15, -0.1) is 0 Å². The molecule has 0 aliphatic carbocycles. The van der Waals surface area contributed by atoms with E-state index in [1.807, 2.05) is 6.92 Å². The number of hydrogen-bond donors (Lipinski definition) is 2. The zero-order valence-electron chi connectivity index (χ0n) is 30.7. The van der Waals surface area contributed by atoms with E-state index in [0.717, 1.165) is 96.3 Å². The van der Waals surface area contributed by atoms with Crippen LogP contribution >= 0.6 is 7.82 Å². The first-order chi connectivity index (χ1) is 23.8. The Labute approximate surface area is 298 Å². The maximum Gasteiger partial charge on any atom is 0.472 e. The van der Waals surface area contributed by atoms with Gasteiger partial charge in [0.25, 0.3) is 0 Å². The highest BCUT2D eigenvalue weighted by molar-refractivity contribution is 7.47. The maximum absolute atomic E-state index is 12.5. The molecule has 0 fully saturated rings. The van der Waals surface area contributed by atoms with E-state index in [2.05, 4.69) is 67.7 Å². The van der Waals surface area contributed by atoms with Crippen molar-refractivity contribution >= 4 is 19.8 Å². The lowest BCUT2D eigenvalue weighted by molar-refractivity contribution is -0.161. The molecule has 3 N–H and O–H groups in total. The molecule has 0 aliphatic rings. The molecule has 10 heteroatoms. The third kappa shape index (κ3) is 35.3. The van der Waals surface area contributed by atoms with Gasteiger partial charge in [-0.1, -0.05) is 106 Å². The van der Waals surface area contributed by atoms with Crippen LogP contribution in [0, 0.1) is 0 Å². The highest BCUT2D eigenvalue weighted by Crippen LogP contribution is 2.43. The van der Waals surface area contributed by atoms with Crippen LogP contribution in [0.2, 0.25) is 0 Å². The van der Waals surface area contributed by atoms with E-state index in [-0.39, 0.29) is 32.6 Å². The molecular formula is C39H68NO8P. The lowest BCUT2D eigenvalue weighted by atomic mass is 10.1. The molecule has 0 bridgehead atoms. The van der Waals surface area contributed by atoms with Crippen molar-refractivity contribution < 1.29 is 37.6 Å². The first-order valence-corrected chi connectivity index (χ1v) is 20.2. The van der Waals surface area contributed by atoms with Gasteiger partial charge in [0.1, 0.15) is 6.61 Å². The molecule has 0 amide bonds. The van der Waals surface area contributed by atoms with Gasteiger partial charge in [0.2, 0.25) is 0 Å². The number of rotatable bonds is 34. The third-order valence-electron chi connectivity index (χ3n) is 7.41. The lowest BCUT2D eigenvalue weighted by Crippen LogP contribution is -2.29. The van der Waals surface area contributed by atoms with Gasteiger partial charge in [0, 0.05) is 19.4 Å². The van der Waals surface area contributed by atoms with Crippen LogP contribution in [0.5, 0.6) is 0 Å². The number of carbonyl (C=O) groups excluding carboxylic acids is 2. The average molecular weight is 710 g/mol. The molecule has 0 radical (unpaired) electrons. The molecule has 9 nitrogen and oxygen atoms in total. The van der Waals surface area contributed by atoms with Crippen LogP contribution in [0.15, 0.2) is 60.8 Å². The summed E-state index contributed by atoms with van der Waals surface area (Å²) in [5.41, 5.74) is 5.33. The molecular weight excluding hydrogens is 641 g/mol. The summed E-state index contributed by atoms with van der Waals surface area (Å²) in [5, 5.41) is 0. The fourth-order valence-electron chi connectivity index (χ4n) is 4.64. The Kier molecular flexibility index (Phi) is 33.9. The van der Waals surface area contributed by atoms with Crippen molar-refractivity contribution in [3.8, 4) is 0 Å². The third-order valence-corrected chi connectivity index (χ3v) is 8.39. The summed E-state index contributed by atoms with van der Waals surface area (Å²) in [4.78, 5) is 34.7. The molecule has 0 aromatic carbocycles. The maximum atomic E-state index is 12.5. The quantitative estimate of drug-likeness (QED) is 0.0290. The molecule has 0 rings (SSSR count). The van der Waals surface area contributed by atoms with Crippen molar-refractivity contribution in [3.05, 3.63) is 60.8 Å². The summed E-state index contributed by atoms with van der Waals surface area (Å²) in [5.74, 6) is -0.876. The van der Waals surface area contributed by atoms with E-state index >= 15 is 0 Å². The SMILES string of the molecule is C/C=C/CCC=CCC/C=C/CCCCCCC(=O)OC[C@H](COP(=O)(O)OCCN)OC(=O)CCCCCCC/C=C/C/C=C/CCC. The van der Waals surface area contributed by atoms with Crippen molar-refractivity contribution in [1.82, 2.24) is 0 Å². The number of nitrogens with two attached hydrogens (primary N) is 1. The lowest BCUT2D eigenvalue weighted by Gasteiger charge is -2.19. The van der Waals surface area contributed by atoms with Crippen LogP contribution in [0.1, 0.15) is 142 Å². The monoisotopic (exact) mass is 709 g/mol. The van der Waals surface area contributed by atoms with Crippen molar-refractivity contribution in [3.63, 3.8) is 0 Å². The molecule has 282 valence electrons. The first-order valence-electron chi connectivity index (χ1n) is 18.7. The summed E-state index contributed by atoms with van der Waals surface area (Å²) in [6, 6.07) is 0. The van der Waals surface area contributed by atoms with Crippen LogP contribution in [0.3, 0.4) is 0 Å². The smallest absolute Gasteiger partial charge is 0.462 e. The van der Waals surface area contributed by atoms with Gasteiger partial charge < -0.3 is 20.1 Å². The number of carbonyl (C=O) groups is 2.